The summed E-state index contributed by atoms with van der Waals surface area (Å²) in [6.07, 6.45) is 2.78. The van der Waals surface area contributed by atoms with Crippen LogP contribution in [-0.4, -0.2) is 16.8 Å². The zero-order valence-electron chi connectivity index (χ0n) is 13.2. The van der Waals surface area contributed by atoms with Gasteiger partial charge in [0.2, 0.25) is 5.91 Å². The first-order chi connectivity index (χ1) is 12.0. The lowest BCUT2D eigenvalue weighted by atomic mass is 10.2. The molecule has 0 bridgehead atoms. The second-order valence-corrected chi connectivity index (χ2v) is 5.23. The lowest BCUT2D eigenvalue weighted by Crippen LogP contribution is -2.14. The number of nitrogens with one attached hydrogen (secondary N) is 3. The fraction of sp³-hybridized carbons (Fsp3) is 0.0588. The third-order valence-corrected chi connectivity index (χ3v) is 3.26. The van der Waals surface area contributed by atoms with E-state index in [9.17, 15) is 9.59 Å². The molecule has 1 heterocycles. The standard InChI is InChI=1S/C17H14ClN5O2/c1-11(24)22-13-4-6-14(7-5-13)23-17(25)12(9-19)10-21-15-3-2-8-20-16(15)18/h2-8,10,21H,1H3,(H,22,24)(H,23,25)/b12-10-. The quantitative estimate of drug-likeness (QED) is 0.434. The van der Waals surface area contributed by atoms with Crippen LogP contribution in [0.2, 0.25) is 5.15 Å². The molecule has 0 saturated heterocycles. The highest BCUT2D eigenvalue weighted by Crippen LogP contribution is 2.18. The predicted octanol–water partition coefficient (Wildman–Crippen LogP) is 3.15. The van der Waals surface area contributed by atoms with Gasteiger partial charge in [0.1, 0.15) is 11.6 Å². The Morgan fingerprint density at radius 1 is 1.16 bits per heavy atom. The van der Waals surface area contributed by atoms with Crippen LogP contribution in [0.5, 0.6) is 0 Å². The molecule has 0 fully saturated rings. The highest BCUT2D eigenvalue weighted by Gasteiger charge is 2.10. The number of benzene rings is 1. The van der Waals surface area contributed by atoms with Crippen LogP contribution in [0.25, 0.3) is 0 Å². The van der Waals surface area contributed by atoms with Crippen molar-refractivity contribution in [1.29, 1.82) is 5.26 Å². The summed E-state index contributed by atoms with van der Waals surface area (Å²) in [5.41, 5.74) is 1.43. The summed E-state index contributed by atoms with van der Waals surface area (Å²) < 4.78 is 0. The molecular formula is C17H14ClN5O2. The highest BCUT2D eigenvalue weighted by atomic mass is 35.5. The number of pyridine rings is 1. The van der Waals surface area contributed by atoms with Gasteiger partial charge in [-0.3, -0.25) is 9.59 Å². The van der Waals surface area contributed by atoms with Gasteiger partial charge >= 0.3 is 0 Å². The minimum Gasteiger partial charge on any atom is -0.358 e. The molecule has 0 unspecified atom stereocenters. The van der Waals surface area contributed by atoms with Gasteiger partial charge in [-0.1, -0.05) is 11.6 Å². The molecular weight excluding hydrogens is 342 g/mol. The molecule has 2 aromatic rings. The summed E-state index contributed by atoms with van der Waals surface area (Å²) in [4.78, 5) is 27.0. The normalized spacial score (nSPS) is 10.5. The summed E-state index contributed by atoms with van der Waals surface area (Å²) in [6, 6.07) is 11.7. The van der Waals surface area contributed by atoms with Gasteiger partial charge in [-0.05, 0) is 36.4 Å². The Balaban J connectivity index is 2.04. The molecule has 0 aliphatic heterocycles. The van der Waals surface area contributed by atoms with Crippen LogP contribution in [0, 0.1) is 11.3 Å². The van der Waals surface area contributed by atoms with Crippen molar-refractivity contribution in [2.24, 2.45) is 0 Å². The van der Waals surface area contributed by atoms with Crippen LogP contribution in [-0.2, 0) is 9.59 Å². The Kier molecular flexibility index (Phi) is 6.09. The van der Waals surface area contributed by atoms with Crippen molar-refractivity contribution in [2.45, 2.75) is 6.92 Å². The summed E-state index contributed by atoms with van der Waals surface area (Å²) in [5.74, 6) is -0.770. The van der Waals surface area contributed by atoms with Crippen molar-refractivity contribution >= 4 is 40.5 Å². The third-order valence-electron chi connectivity index (χ3n) is 2.96. The number of halogens is 1. The lowest BCUT2D eigenvalue weighted by molar-refractivity contribution is -0.114. The van der Waals surface area contributed by atoms with E-state index in [2.05, 4.69) is 20.9 Å². The minimum atomic E-state index is -0.581. The number of aromatic nitrogens is 1. The number of hydrogen-bond donors (Lipinski definition) is 3. The average molecular weight is 356 g/mol. The van der Waals surface area contributed by atoms with Crippen LogP contribution >= 0.6 is 11.6 Å². The predicted molar refractivity (Wildman–Crippen MR) is 95.9 cm³/mol. The van der Waals surface area contributed by atoms with Crippen LogP contribution in [0.15, 0.2) is 54.4 Å². The first-order valence-corrected chi connectivity index (χ1v) is 7.53. The largest absolute Gasteiger partial charge is 0.358 e. The van der Waals surface area contributed by atoms with E-state index in [1.807, 2.05) is 6.07 Å². The van der Waals surface area contributed by atoms with Gasteiger partial charge in [0.15, 0.2) is 5.15 Å². The van der Waals surface area contributed by atoms with E-state index in [4.69, 9.17) is 16.9 Å². The molecule has 2 rings (SSSR count). The van der Waals surface area contributed by atoms with Gasteiger partial charge in [-0.25, -0.2) is 4.98 Å². The van der Waals surface area contributed by atoms with Gasteiger partial charge < -0.3 is 16.0 Å². The van der Waals surface area contributed by atoms with Gasteiger partial charge in [-0.2, -0.15) is 5.26 Å². The van der Waals surface area contributed by atoms with E-state index in [1.165, 1.54) is 19.3 Å². The van der Waals surface area contributed by atoms with Crippen LogP contribution < -0.4 is 16.0 Å². The molecule has 0 spiro atoms. The lowest BCUT2D eigenvalue weighted by Gasteiger charge is -2.07. The minimum absolute atomic E-state index is 0.133. The number of nitrogens with zero attached hydrogens (tertiary/aromatic N) is 2. The van der Waals surface area contributed by atoms with Gasteiger partial charge in [0.25, 0.3) is 5.91 Å². The molecule has 8 heteroatoms. The van der Waals surface area contributed by atoms with Crippen molar-refractivity contribution in [3.05, 3.63) is 59.5 Å². The van der Waals surface area contributed by atoms with Crippen molar-refractivity contribution in [3.8, 4) is 6.07 Å². The smallest absolute Gasteiger partial charge is 0.267 e. The fourth-order valence-electron chi connectivity index (χ4n) is 1.83. The maximum atomic E-state index is 12.2. The zero-order chi connectivity index (χ0) is 18.2. The Hall–Kier alpha value is -3.37. The summed E-state index contributed by atoms with van der Waals surface area (Å²) in [5, 5.41) is 17.4. The highest BCUT2D eigenvalue weighted by molar-refractivity contribution is 6.32. The molecule has 1 aromatic carbocycles. The number of anilines is 3. The second kappa shape index (κ2) is 8.47. The molecule has 1 aromatic heterocycles. The topological polar surface area (TPSA) is 107 Å². The summed E-state index contributed by atoms with van der Waals surface area (Å²) >= 11 is 5.89. The van der Waals surface area contributed by atoms with Crippen LogP contribution in [0.4, 0.5) is 17.1 Å². The monoisotopic (exact) mass is 355 g/mol. The third kappa shape index (κ3) is 5.34. The molecule has 0 atom stereocenters. The maximum absolute atomic E-state index is 12.2. The molecule has 0 aliphatic rings. The Labute approximate surface area is 149 Å². The molecule has 0 radical (unpaired) electrons. The average Bonchev–Trinajstić information content (AvgIpc) is 2.58. The van der Waals surface area contributed by atoms with E-state index >= 15 is 0 Å². The van der Waals surface area contributed by atoms with Crippen molar-refractivity contribution in [2.75, 3.05) is 16.0 Å². The van der Waals surface area contributed by atoms with Crippen LogP contribution in [0.3, 0.4) is 0 Å². The molecule has 0 aliphatic carbocycles. The van der Waals surface area contributed by atoms with Crippen molar-refractivity contribution < 1.29 is 9.59 Å². The van der Waals surface area contributed by atoms with Gasteiger partial charge in [0, 0.05) is 30.7 Å². The first-order valence-electron chi connectivity index (χ1n) is 7.16. The van der Waals surface area contributed by atoms with E-state index in [-0.39, 0.29) is 16.6 Å². The molecule has 7 nitrogen and oxygen atoms in total. The number of rotatable bonds is 5. The van der Waals surface area contributed by atoms with E-state index in [0.717, 1.165) is 0 Å². The van der Waals surface area contributed by atoms with Gasteiger partial charge in [0.05, 0.1) is 5.69 Å². The number of carbonyl (C=O) groups is 2. The fourth-order valence-corrected chi connectivity index (χ4v) is 2.00. The first kappa shape index (κ1) is 18.0. The van der Waals surface area contributed by atoms with E-state index in [1.54, 1.807) is 36.4 Å². The number of nitriles is 1. The Morgan fingerprint density at radius 3 is 2.36 bits per heavy atom. The van der Waals surface area contributed by atoms with E-state index in [0.29, 0.717) is 17.1 Å². The number of hydrogen-bond acceptors (Lipinski definition) is 5. The number of carbonyl (C=O) groups excluding carboxylic acids is 2. The zero-order valence-corrected chi connectivity index (χ0v) is 14.0. The molecule has 3 N–H and O–H groups in total. The number of amides is 2. The SMILES string of the molecule is CC(=O)Nc1ccc(NC(=O)/C(C#N)=C\Nc2cccnc2Cl)cc1. The van der Waals surface area contributed by atoms with Crippen molar-refractivity contribution in [3.63, 3.8) is 0 Å². The maximum Gasteiger partial charge on any atom is 0.267 e. The molecule has 0 saturated carbocycles. The second-order valence-electron chi connectivity index (χ2n) is 4.87. The van der Waals surface area contributed by atoms with Crippen molar-refractivity contribution in [1.82, 2.24) is 4.98 Å². The summed E-state index contributed by atoms with van der Waals surface area (Å²) in [6.45, 7) is 1.40. The van der Waals surface area contributed by atoms with E-state index < -0.39 is 5.91 Å². The van der Waals surface area contributed by atoms with Gasteiger partial charge in [-0.15, -0.1) is 0 Å². The molecule has 2 amide bonds. The Bertz CT molecular complexity index is 856. The molecule has 25 heavy (non-hydrogen) atoms. The van der Waals surface area contributed by atoms with Crippen LogP contribution in [0.1, 0.15) is 6.92 Å². The summed E-state index contributed by atoms with van der Waals surface area (Å²) in [7, 11) is 0. The Morgan fingerprint density at radius 2 is 1.80 bits per heavy atom. The molecule has 126 valence electrons.